The van der Waals surface area contributed by atoms with Crippen LogP contribution in [0.2, 0.25) is 0 Å². The predicted molar refractivity (Wildman–Crippen MR) is 70.3 cm³/mol. The molecule has 2 atom stereocenters. The molecular formula is C13H13BrF3NO2. The topological polar surface area (TPSA) is 49.3 Å². The van der Waals surface area contributed by atoms with Gasteiger partial charge in [0.25, 0.3) is 0 Å². The van der Waals surface area contributed by atoms with E-state index in [1.807, 2.05) is 0 Å². The van der Waals surface area contributed by atoms with Gasteiger partial charge in [-0.15, -0.1) is 0 Å². The van der Waals surface area contributed by atoms with E-state index < -0.39 is 30.0 Å². The molecule has 1 fully saturated rings. The Hall–Kier alpha value is -1.08. The van der Waals surface area contributed by atoms with E-state index in [1.54, 1.807) is 24.3 Å². The Morgan fingerprint density at radius 3 is 2.50 bits per heavy atom. The van der Waals surface area contributed by atoms with Gasteiger partial charge in [0.1, 0.15) is 0 Å². The van der Waals surface area contributed by atoms with E-state index in [0.717, 1.165) is 4.47 Å². The first-order valence-corrected chi connectivity index (χ1v) is 6.82. The zero-order valence-electron chi connectivity index (χ0n) is 10.4. The van der Waals surface area contributed by atoms with Crippen molar-refractivity contribution in [3.8, 4) is 0 Å². The highest BCUT2D eigenvalue weighted by molar-refractivity contribution is 9.10. The maximum absolute atomic E-state index is 13.3. The Morgan fingerprint density at radius 1 is 1.40 bits per heavy atom. The normalized spacial score (nSPS) is 26.7. The van der Waals surface area contributed by atoms with Crippen LogP contribution in [-0.4, -0.2) is 30.3 Å². The van der Waals surface area contributed by atoms with Gasteiger partial charge in [0.15, 0.2) is 5.41 Å². The van der Waals surface area contributed by atoms with Crippen LogP contribution in [0.1, 0.15) is 5.56 Å². The minimum Gasteiger partial charge on any atom is -0.481 e. The average Bonchev–Trinajstić information content (AvgIpc) is 2.76. The number of hydrogen-bond acceptors (Lipinski definition) is 2. The van der Waals surface area contributed by atoms with Crippen LogP contribution in [0.4, 0.5) is 13.2 Å². The summed E-state index contributed by atoms with van der Waals surface area (Å²) in [6, 6.07) is 6.86. The van der Waals surface area contributed by atoms with Crippen molar-refractivity contribution in [2.75, 3.05) is 13.1 Å². The SMILES string of the molecule is O=C(O)C1(C(F)(F)F)CNCC1Cc1ccc(Br)cc1. The van der Waals surface area contributed by atoms with Gasteiger partial charge in [-0.3, -0.25) is 4.79 Å². The number of carboxylic acids is 1. The van der Waals surface area contributed by atoms with E-state index in [1.165, 1.54) is 0 Å². The third-order valence-electron chi connectivity index (χ3n) is 3.77. The lowest BCUT2D eigenvalue weighted by Gasteiger charge is -2.32. The van der Waals surface area contributed by atoms with Gasteiger partial charge in [-0.2, -0.15) is 13.2 Å². The van der Waals surface area contributed by atoms with Crippen LogP contribution in [0.5, 0.6) is 0 Å². The van der Waals surface area contributed by atoms with Crippen molar-refractivity contribution in [2.45, 2.75) is 12.6 Å². The molecule has 0 spiro atoms. The number of alkyl halides is 3. The molecule has 1 aliphatic rings. The zero-order chi connectivity index (χ0) is 15.0. The first kappa shape index (κ1) is 15.3. The molecule has 2 rings (SSSR count). The van der Waals surface area contributed by atoms with Gasteiger partial charge in [-0.25, -0.2) is 0 Å². The predicted octanol–water partition coefficient (Wildman–Crippen LogP) is 2.84. The fourth-order valence-corrected chi connectivity index (χ4v) is 2.88. The smallest absolute Gasteiger partial charge is 0.406 e. The summed E-state index contributed by atoms with van der Waals surface area (Å²) >= 11 is 3.25. The second kappa shape index (κ2) is 5.37. The fraction of sp³-hybridized carbons (Fsp3) is 0.462. The average molecular weight is 352 g/mol. The molecule has 1 aromatic rings. The van der Waals surface area contributed by atoms with Crippen molar-refractivity contribution >= 4 is 21.9 Å². The van der Waals surface area contributed by atoms with Crippen molar-refractivity contribution in [1.82, 2.24) is 5.32 Å². The van der Waals surface area contributed by atoms with Crippen LogP contribution in [0.3, 0.4) is 0 Å². The highest BCUT2D eigenvalue weighted by atomic mass is 79.9. The molecule has 2 N–H and O–H groups in total. The molecule has 1 aliphatic heterocycles. The number of hydrogen-bond donors (Lipinski definition) is 2. The van der Waals surface area contributed by atoms with E-state index in [9.17, 15) is 18.0 Å². The van der Waals surface area contributed by atoms with Crippen LogP contribution in [0.25, 0.3) is 0 Å². The quantitative estimate of drug-likeness (QED) is 0.880. The molecule has 1 saturated heterocycles. The maximum atomic E-state index is 13.3. The van der Waals surface area contributed by atoms with Gasteiger partial charge in [-0.1, -0.05) is 28.1 Å². The molecule has 20 heavy (non-hydrogen) atoms. The molecule has 0 amide bonds. The molecule has 110 valence electrons. The summed E-state index contributed by atoms with van der Waals surface area (Å²) in [5.41, 5.74) is -2.02. The molecule has 0 saturated carbocycles. The highest BCUT2D eigenvalue weighted by Crippen LogP contribution is 2.47. The molecule has 3 nitrogen and oxygen atoms in total. The third kappa shape index (κ3) is 2.56. The molecule has 1 heterocycles. The number of carboxylic acid groups (broad SMARTS) is 1. The Bertz CT molecular complexity index is 503. The van der Waals surface area contributed by atoms with E-state index in [4.69, 9.17) is 5.11 Å². The summed E-state index contributed by atoms with van der Waals surface area (Å²) < 4.78 is 40.6. The van der Waals surface area contributed by atoms with Crippen molar-refractivity contribution in [3.63, 3.8) is 0 Å². The lowest BCUT2D eigenvalue weighted by molar-refractivity contribution is -0.236. The molecule has 0 aliphatic carbocycles. The number of carbonyl (C=O) groups is 1. The lowest BCUT2D eigenvalue weighted by Crippen LogP contribution is -2.51. The van der Waals surface area contributed by atoms with Gasteiger partial charge < -0.3 is 10.4 Å². The molecule has 1 aromatic carbocycles. The zero-order valence-corrected chi connectivity index (χ0v) is 12.0. The summed E-state index contributed by atoms with van der Waals surface area (Å²) in [6.07, 6.45) is -4.70. The summed E-state index contributed by atoms with van der Waals surface area (Å²) in [5.74, 6) is -2.82. The van der Waals surface area contributed by atoms with E-state index in [-0.39, 0.29) is 13.0 Å². The lowest BCUT2D eigenvalue weighted by atomic mass is 9.74. The molecule has 0 bridgehead atoms. The standard InChI is InChI=1S/C13H13BrF3NO2/c14-10-3-1-8(2-4-10)5-9-6-18-7-12(9,11(19)20)13(15,16)17/h1-4,9,18H,5-7H2,(H,19,20). The van der Waals surface area contributed by atoms with Crippen molar-refractivity contribution < 1.29 is 23.1 Å². The molecule has 7 heteroatoms. The van der Waals surface area contributed by atoms with Gasteiger partial charge in [0.2, 0.25) is 0 Å². The van der Waals surface area contributed by atoms with Crippen LogP contribution in [0, 0.1) is 11.3 Å². The Balaban J connectivity index is 2.30. The van der Waals surface area contributed by atoms with E-state index in [0.29, 0.717) is 5.56 Å². The molecule has 2 unspecified atom stereocenters. The monoisotopic (exact) mass is 351 g/mol. The number of halogens is 4. The second-order valence-corrected chi connectivity index (χ2v) is 5.85. The van der Waals surface area contributed by atoms with Crippen molar-refractivity contribution in [1.29, 1.82) is 0 Å². The summed E-state index contributed by atoms with van der Waals surface area (Å²) in [6.45, 7) is -0.533. The Labute approximate surface area is 122 Å². The van der Waals surface area contributed by atoms with Crippen molar-refractivity contribution in [3.05, 3.63) is 34.3 Å². The first-order chi connectivity index (χ1) is 9.27. The second-order valence-electron chi connectivity index (χ2n) is 4.93. The van der Waals surface area contributed by atoms with E-state index in [2.05, 4.69) is 21.2 Å². The number of nitrogens with one attached hydrogen (secondary N) is 1. The van der Waals surface area contributed by atoms with Crippen LogP contribution < -0.4 is 5.32 Å². The van der Waals surface area contributed by atoms with Gasteiger partial charge in [-0.05, 0) is 30.7 Å². The van der Waals surface area contributed by atoms with Crippen molar-refractivity contribution in [2.24, 2.45) is 11.3 Å². The van der Waals surface area contributed by atoms with Crippen LogP contribution in [-0.2, 0) is 11.2 Å². The Kier molecular flexibility index (Phi) is 4.11. The summed E-state index contributed by atoms with van der Waals surface area (Å²) in [5, 5.41) is 11.7. The minimum absolute atomic E-state index is 0.0435. The first-order valence-electron chi connectivity index (χ1n) is 6.02. The largest absolute Gasteiger partial charge is 0.481 e. The van der Waals surface area contributed by atoms with Crippen LogP contribution in [0.15, 0.2) is 28.7 Å². The summed E-state index contributed by atoms with van der Waals surface area (Å²) in [4.78, 5) is 11.3. The minimum atomic E-state index is -4.78. The number of benzene rings is 1. The van der Waals surface area contributed by atoms with Crippen LogP contribution >= 0.6 is 15.9 Å². The third-order valence-corrected chi connectivity index (χ3v) is 4.30. The molecule has 0 radical (unpaired) electrons. The maximum Gasteiger partial charge on any atom is 0.406 e. The summed E-state index contributed by atoms with van der Waals surface area (Å²) in [7, 11) is 0. The molecule has 0 aromatic heterocycles. The molecular weight excluding hydrogens is 339 g/mol. The van der Waals surface area contributed by atoms with E-state index >= 15 is 0 Å². The van der Waals surface area contributed by atoms with Gasteiger partial charge in [0.05, 0.1) is 0 Å². The van der Waals surface area contributed by atoms with Gasteiger partial charge in [0, 0.05) is 16.9 Å². The Morgan fingerprint density at radius 2 is 2.00 bits per heavy atom. The fourth-order valence-electron chi connectivity index (χ4n) is 2.62. The van der Waals surface area contributed by atoms with Gasteiger partial charge >= 0.3 is 12.1 Å². The number of rotatable bonds is 3. The number of aliphatic carboxylic acids is 1. The highest BCUT2D eigenvalue weighted by Gasteiger charge is 2.66.